The van der Waals surface area contributed by atoms with Crippen molar-refractivity contribution in [3.05, 3.63) is 60.2 Å². The maximum absolute atomic E-state index is 12.3. The van der Waals surface area contributed by atoms with Gasteiger partial charge >= 0.3 is 0 Å². The number of anilines is 1. The summed E-state index contributed by atoms with van der Waals surface area (Å²) in [6.07, 6.45) is 1.46. The second kappa shape index (κ2) is 9.96. The molecule has 1 aliphatic heterocycles. The van der Waals surface area contributed by atoms with Gasteiger partial charge in [-0.15, -0.1) is 0 Å². The van der Waals surface area contributed by atoms with Crippen molar-refractivity contribution in [2.24, 2.45) is 0 Å². The van der Waals surface area contributed by atoms with E-state index in [1.165, 1.54) is 0 Å². The third-order valence-electron chi connectivity index (χ3n) is 5.05. The largest absolute Gasteiger partial charge is 0.492 e. The van der Waals surface area contributed by atoms with Crippen LogP contribution in [0.15, 0.2) is 54.6 Å². The Morgan fingerprint density at radius 3 is 2.55 bits per heavy atom. The first kappa shape index (κ1) is 20.7. The molecule has 0 unspecified atom stereocenters. The summed E-state index contributed by atoms with van der Waals surface area (Å²) in [5.41, 5.74) is 2.27. The predicted molar refractivity (Wildman–Crippen MR) is 114 cm³/mol. The van der Waals surface area contributed by atoms with Crippen molar-refractivity contribution in [3.63, 3.8) is 0 Å². The average Bonchev–Trinajstić information content (AvgIpc) is 3.06. The van der Waals surface area contributed by atoms with Crippen LogP contribution in [-0.4, -0.2) is 56.5 Å². The lowest BCUT2D eigenvalue weighted by Gasteiger charge is -2.17. The van der Waals surface area contributed by atoms with Gasteiger partial charge < -0.3 is 19.9 Å². The van der Waals surface area contributed by atoms with Crippen molar-refractivity contribution in [2.45, 2.75) is 25.3 Å². The zero-order valence-corrected chi connectivity index (χ0v) is 17.1. The van der Waals surface area contributed by atoms with Crippen molar-refractivity contribution >= 4 is 17.5 Å². The molecule has 1 N–H and O–H groups in total. The summed E-state index contributed by atoms with van der Waals surface area (Å²) in [7, 11) is 4.00. The molecule has 0 aliphatic carbocycles. The minimum Gasteiger partial charge on any atom is -0.492 e. The number of nitrogens with one attached hydrogen (secondary N) is 1. The van der Waals surface area contributed by atoms with E-state index in [0.717, 1.165) is 17.0 Å². The highest BCUT2D eigenvalue weighted by Gasteiger charge is 2.30. The summed E-state index contributed by atoms with van der Waals surface area (Å²) in [6.45, 7) is 1.51. The number of likely N-dealkylation sites (tertiary alicyclic amines) is 1. The van der Waals surface area contributed by atoms with E-state index in [-0.39, 0.29) is 17.9 Å². The van der Waals surface area contributed by atoms with Gasteiger partial charge in [0.1, 0.15) is 12.4 Å². The number of benzene rings is 2. The molecule has 2 aromatic rings. The molecule has 1 saturated heterocycles. The van der Waals surface area contributed by atoms with Crippen molar-refractivity contribution < 1.29 is 14.3 Å². The van der Waals surface area contributed by atoms with Gasteiger partial charge in [-0.2, -0.15) is 0 Å². The lowest BCUT2D eigenvalue weighted by atomic mass is 10.1. The average molecular weight is 396 g/mol. The summed E-state index contributed by atoms with van der Waals surface area (Å²) >= 11 is 0. The molecule has 6 nitrogen and oxygen atoms in total. The van der Waals surface area contributed by atoms with Gasteiger partial charge in [-0.3, -0.25) is 9.59 Å². The van der Waals surface area contributed by atoms with E-state index in [4.69, 9.17) is 4.74 Å². The Morgan fingerprint density at radius 2 is 1.86 bits per heavy atom. The minimum absolute atomic E-state index is 0.0122. The van der Waals surface area contributed by atoms with Gasteiger partial charge in [0.2, 0.25) is 11.8 Å². The standard InChI is InChI=1S/C23H29N3O3/c1-25(2)20-11-8-18(9-12-20)10-13-22(27)24-19-16-23(28)26(17-19)14-15-29-21-6-4-3-5-7-21/h3-9,11-12,19H,10,13-17H2,1-2H3,(H,24,27)/t19-/m0/s1. The molecule has 2 amide bonds. The normalized spacial score (nSPS) is 16.0. The van der Waals surface area contributed by atoms with Crippen LogP contribution in [0.5, 0.6) is 5.75 Å². The van der Waals surface area contributed by atoms with Crippen LogP contribution in [0.4, 0.5) is 5.69 Å². The van der Waals surface area contributed by atoms with Crippen molar-refractivity contribution in [3.8, 4) is 5.75 Å². The number of amides is 2. The van der Waals surface area contributed by atoms with Gasteiger partial charge in [-0.1, -0.05) is 30.3 Å². The smallest absolute Gasteiger partial charge is 0.224 e. The Hall–Kier alpha value is -3.02. The molecule has 2 aromatic carbocycles. The van der Waals surface area contributed by atoms with Crippen molar-refractivity contribution in [2.75, 3.05) is 38.7 Å². The second-order valence-corrected chi connectivity index (χ2v) is 7.53. The molecule has 3 rings (SSSR count). The molecule has 1 aliphatic rings. The number of ether oxygens (including phenoxy) is 1. The number of hydrogen-bond acceptors (Lipinski definition) is 4. The minimum atomic E-state index is -0.122. The molecule has 29 heavy (non-hydrogen) atoms. The fraction of sp³-hybridized carbons (Fsp3) is 0.391. The number of carbonyl (C=O) groups excluding carboxylic acids is 2. The van der Waals surface area contributed by atoms with Gasteiger partial charge in [0, 0.05) is 39.2 Å². The number of nitrogens with zero attached hydrogens (tertiary/aromatic N) is 2. The van der Waals surface area contributed by atoms with Gasteiger partial charge in [0.05, 0.1) is 12.6 Å². The quantitative estimate of drug-likeness (QED) is 0.709. The number of aryl methyl sites for hydroxylation is 1. The first-order valence-electron chi connectivity index (χ1n) is 10.0. The van der Waals surface area contributed by atoms with E-state index in [1.807, 2.05) is 49.3 Å². The maximum Gasteiger partial charge on any atom is 0.224 e. The van der Waals surface area contributed by atoms with E-state index in [9.17, 15) is 9.59 Å². The van der Waals surface area contributed by atoms with Crippen molar-refractivity contribution in [1.29, 1.82) is 0 Å². The molecule has 0 aromatic heterocycles. The molecular formula is C23H29N3O3. The zero-order valence-electron chi connectivity index (χ0n) is 17.1. The van der Waals surface area contributed by atoms with Crippen LogP contribution in [-0.2, 0) is 16.0 Å². The molecule has 0 bridgehead atoms. The number of hydrogen-bond donors (Lipinski definition) is 1. The van der Waals surface area contributed by atoms with Crippen LogP contribution >= 0.6 is 0 Å². The molecule has 6 heteroatoms. The Kier molecular flexibility index (Phi) is 7.11. The van der Waals surface area contributed by atoms with E-state index in [0.29, 0.717) is 39.0 Å². The molecular weight excluding hydrogens is 366 g/mol. The number of carbonyl (C=O) groups is 2. The Bertz CT molecular complexity index is 806. The third-order valence-corrected chi connectivity index (χ3v) is 5.05. The van der Waals surface area contributed by atoms with E-state index < -0.39 is 0 Å². The molecule has 0 saturated carbocycles. The molecule has 1 atom stereocenters. The van der Waals surface area contributed by atoms with Crippen LogP contribution in [0, 0.1) is 0 Å². The van der Waals surface area contributed by atoms with Gasteiger partial charge in [-0.25, -0.2) is 0 Å². The topological polar surface area (TPSA) is 61.9 Å². The van der Waals surface area contributed by atoms with E-state index in [2.05, 4.69) is 29.6 Å². The Labute approximate surface area is 172 Å². The van der Waals surface area contributed by atoms with E-state index in [1.54, 1.807) is 4.90 Å². The van der Waals surface area contributed by atoms with Gasteiger partial charge in [0.15, 0.2) is 0 Å². The first-order valence-corrected chi connectivity index (χ1v) is 10.0. The predicted octanol–water partition coefficient (Wildman–Crippen LogP) is 2.48. The highest BCUT2D eigenvalue weighted by atomic mass is 16.5. The van der Waals surface area contributed by atoms with E-state index >= 15 is 0 Å². The van der Waals surface area contributed by atoms with Crippen molar-refractivity contribution in [1.82, 2.24) is 10.2 Å². The maximum atomic E-state index is 12.3. The Morgan fingerprint density at radius 1 is 1.14 bits per heavy atom. The lowest BCUT2D eigenvalue weighted by Crippen LogP contribution is -2.38. The molecule has 154 valence electrons. The Balaban J connectivity index is 1.37. The fourth-order valence-electron chi connectivity index (χ4n) is 3.39. The van der Waals surface area contributed by atoms with Crippen LogP contribution in [0.25, 0.3) is 0 Å². The monoisotopic (exact) mass is 395 g/mol. The summed E-state index contributed by atoms with van der Waals surface area (Å²) < 4.78 is 5.66. The van der Waals surface area contributed by atoms with Crippen LogP contribution < -0.4 is 15.0 Å². The highest BCUT2D eigenvalue weighted by Crippen LogP contribution is 2.15. The van der Waals surface area contributed by atoms with Crippen LogP contribution in [0.2, 0.25) is 0 Å². The molecule has 0 spiro atoms. The summed E-state index contributed by atoms with van der Waals surface area (Å²) in [5.74, 6) is 0.843. The lowest BCUT2D eigenvalue weighted by molar-refractivity contribution is -0.128. The number of rotatable bonds is 9. The molecule has 1 fully saturated rings. The molecule has 0 radical (unpaired) electrons. The summed E-state index contributed by atoms with van der Waals surface area (Å²) in [6, 6.07) is 17.6. The van der Waals surface area contributed by atoms with Gasteiger partial charge in [-0.05, 0) is 36.2 Å². The van der Waals surface area contributed by atoms with Crippen LogP contribution in [0.3, 0.4) is 0 Å². The molecule has 1 heterocycles. The van der Waals surface area contributed by atoms with Gasteiger partial charge in [0.25, 0.3) is 0 Å². The third kappa shape index (κ3) is 6.24. The second-order valence-electron chi connectivity index (χ2n) is 7.53. The number of para-hydroxylation sites is 1. The summed E-state index contributed by atoms with van der Waals surface area (Å²) in [5, 5.41) is 3.00. The SMILES string of the molecule is CN(C)c1ccc(CCC(=O)N[C@H]2CC(=O)N(CCOc3ccccc3)C2)cc1. The first-order chi connectivity index (χ1) is 14.0. The van der Waals surface area contributed by atoms with Crippen LogP contribution in [0.1, 0.15) is 18.4 Å². The fourth-order valence-corrected chi connectivity index (χ4v) is 3.39. The highest BCUT2D eigenvalue weighted by molar-refractivity contribution is 5.82. The zero-order chi connectivity index (χ0) is 20.6. The summed E-state index contributed by atoms with van der Waals surface area (Å²) in [4.78, 5) is 28.3.